The summed E-state index contributed by atoms with van der Waals surface area (Å²) < 4.78 is 0. The number of carbonyl (C=O) groups is 2. The van der Waals surface area contributed by atoms with Crippen molar-refractivity contribution < 1.29 is 9.59 Å². The van der Waals surface area contributed by atoms with Gasteiger partial charge >= 0.3 is 0 Å². The smallest absolute Gasteiger partial charge is 0.251 e. The molecule has 1 heterocycles. The molecule has 1 aliphatic carbocycles. The fourth-order valence-electron chi connectivity index (χ4n) is 2.42. The van der Waals surface area contributed by atoms with Crippen LogP contribution in [0.2, 0.25) is 0 Å². The Morgan fingerprint density at radius 2 is 2.21 bits per heavy atom. The first kappa shape index (κ1) is 13.3. The zero-order chi connectivity index (χ0) is 13.8. The second-order valence-electron chi connectivity index (χ2n) is 4.78. The Labute approximate surface area is 110 Å². The van der Waals surface area contributed by atoms with Gasteiger partial charge in [0.25, 0.3) is 5.56 Å². The van der Waals surface area contributed by atoms with Gasteiger partial charge in [0, 0.05) is 17.7 Å². The molecule has 1 aromatic heterocycles. The molecule has 2 amide bonds. The molecule has 102 valence electrons. The van der Waals surface area contributed by atoms with E-state index >= 15 is 0 Å². The highest BCUT2D eigenvalue weighted by atomic mass is 16.2. The van der Waals surface area contributed by atoms with E-state index in [4.69, 9.17) is 5.73 Å². The Bertz CT molecular complexity index is 551. The van der Waals surface area contributed by atoms with Gasteiger partial charge in [0.15, 0.2) is 0 Å². The standard InChI is InChI=1S/C13H17N3O3/c14-12(18)11(15-7-17)6-9-5-8-3-1-2-4-10(8)16-13(9)19/h5,7,11H,1-4,6H2,(H2,14,18)(H,15,17)(H,16,19). The van der Waals surface area contributed by atoms with E-state index in [9.17, 15) is 14.4 Å². The lowest BCUT2D eigenvalue weighted by molar-refractivity contribution is -0.122. The van der Waals surface area contributed by atoms with Crippen LogP contribution in [0.1, 0.15) is 29.7 Å². The Hall–Kier alpha value is -2.11. The monoisotopic (exact) mass is 263 g/mol. The summed E-state index contributed by atoms with van der Waals surface area (Å²) in [7, 11) is 0. The summed E-state index contributed by atoms with van der Waals surface area (Å²) in [6, 6.07) is 0.982. The maximum Gasteiger partial charge on any atom is 0.251 e. The molecule has 6 heteroatoms. The number of primary amides is 1. The molecule has 4 N–H and O–H groups in total. The topological polar surface area (TPSA) is 105 Å². The maximum absolute atomic E-state index is 11.9. The van der Waals surface area contributed by atoms with Crippen molar-refractivity contribution in [1.82, 2.24) is 10.3 Å². The molecular formula is C13H17N3O3. The number of hydrogen-bond donors (Lipinski definition) is 3. The SMILES string of the molecule is NC(=O)C(Cc1cc2c([nH]c1=O)CCCC2)NC=O. The van der Waals surface area contributed by atoms with Crippen molar-refractivity contribution in [3.63, 3.8) is 0 Å². The molecule has 0 saturated heterocycles. The molecule has 2 rings (SSSR count). The maximum atomic E-state index is 11.9. The number of rotatable bonds is 5. The molecule has 0 bridgehead atoms. The van der Waals surface area contributed by atoms with Crippen molar-refractivity contribution >= 4 is 12.3 Å². The zero-order valence-electron chi connectivity index (χ0n) is 10.6. The largest absolute Gasteiger partial charge is 0.368 e. The Morgan fingerprint density at radius 3 is 2.89 bits per heavy atom. The minimum Gasteiger partial charge on any atom is -0.368 e. The second-order valence-corrected chi connectivity index (χ2v) is 4.78. The van der Waals surface area contributed by atoms with Crippen molar-refractivity contribution in [3.05, 3.63) is 33.2 Å². The summed E-state index contributed by atoms with van der Waals surface area (Å²) in [5.74, 6) is -0.649. The number of amides is 2. The molecule has 1 aromatic rings. The lowest BCUT2D eigenvalue weighted by Crippen LogP contribution is -2.43. The second kappa shape index (κ2) is 5.69. The van der Waals surface area contributed by atoms with E-state index in [1.54, 1.807) is 0 Å². The van der Waals surface area contributed by atoms with Crippen LogP contribution in [0.5, 0.6) is 0 Å². The van der Waals surface area contributed by atoms with Crippen molar-refractivity contribution in [1.29, 1.82) is 0 Å². The Balaban J connectivity index is 2.26. The van der Waals surface area contributed by atoms with E-state index in [1.807, 2.05) is 6.07 Å². The zero-order valence-corrected chi connectivity index (χ0v) is 10.6. The van der Waals surface area contributed by atoms with Gasteiger partial charge < -0.3 is 16.0 Å². The van der Waals surface area contributed by atoms with E-state index in [1.165, 1.54) is 0 Å². The molecule has 0 saturated carbocycles. The third-order valence-corrected chi connectivity index (χ3v) is 3.45. The molecular weight excluding hydrogens is 246 g/mol. The van der Waals surface area contributed by atoms with Crippen molar-refractivity contribution in [2.45, 2.75) is 38.1 Å². The van der Waals surface area contributed by atoms with Gasteiger partial charge in [-0.25, -0.2) is 0 Å². The number of aryl methyl sites for hydroxylation is 2. The molecule has 1 unspecified atom stereocenters. The van der Waals surface area contributed by atoms with Gasteiger partial charge in [-0.1, -0.05) is 0 Å². The van der Waals surface area contributed by atoms with Crippen LogP contribution in [-0.2, 0) is 28.9 Å². The quantitative estimate of drug-likeness (QED) is 0.617. The number of nitrogens with one attached hydrogen (secondary N) is 2. The molecule has 0 fully saturated rings. The van der Waals surface area contributed by atoms with Crippen LogP contribution >= 0.6 is 0 Å². The molecule has 6 nitrogen and oxygen atoms in total. The normalized spacial score (nSPS) is 15.4. The number of pyridine rings is 1. The number of hydrogen-bond acceptors (Lipinski definition) is 3. The predicted octanol–water partition coefficient (Wildman–Crippen LogP) is -0.604. The van der Waals surface area contributed by atoms with Crippen molar-refractivity contribution in [2.75, 3.05) is 0 Å². The van der Waals surface area contributed by atoms with Crippen LogP contribution in [0.3, 0.4) is 0 Å². The summed E-state index contributed by atoms with van der Waals surface area (Å²) in [6.45, 7) is 0. The summed E-state index contributed by atoms with van der Waals surface area (Å²) >= 11 is 0. The summed E-state index contributed by atoms with van der Waals surface area (Å²) in [6.07, 6.45) is 4.54. The van der Waals surface area contributed by atoms with E-state index in [2.05, 4.69) is 10.3 Å². The van der Waals surface area contributed by atoms with Gasteiger partial charge in [0.1, 0.15) is 6.04 Å². The first-order chi connectivity index (χ1) is 9.11. The van der Waals surface area contributed by atoms with Crippen LogP contribution in [0.15, 0.2) is 10.9 Å². The highest BCUT2D eigenvalue weighted by Crippen LogP contribution is 2.18. The van der Waals surface area contributed by atoms with Crippen LogP contribution in [0, 0.1) is 0 Å². The third kappa shape index (κ3) is 3.01. The summed E-state index contributed by atoms with van der Waals surface area (Å²) in [4.78, 5) is 36.4. The minimum atomic E-state index is -0.847. The highest BCUT2D eigenvalue weighted by molar-refractivity contribution is 5.82. The fraction of sp³-hybridized carbons (Fsp3) is 0.462. The lowest BCUT2D eigenvalue weighted by Gasteiger charge is -2.17. The summed E-state index contributed by atoms with van der Waals surface area (Å²) in [5, 5.41) is 2.33. The van der Waals surface area contributed by atoms with Crippen molar-refractivity contribution in [3.8, 4) is 0 Å². The van der Waals surface area contributed by atoms with Crippen molar-refractivity contribution in [2.24, 2.45) is 5.73 Å². The van der Waals surface area contributed by atoms with E-state index in [0.717, 1.165) is 36.9 Å². The van der Waals surface area contributed by atoms with Crippen LogP contribution in [0.25, 0.3) is 0 Å². The molecule has 1 atom stereocenters. The number of H-pyrrole nitrogens is 1. The molecule has 0 radical (unpaired) electrons. The molecule has 1 aliphatic rings. The van der Waals surface area contributed by atoms with E-state index in [-0.39, 0.29) is 12.0 Å². The number of carbonyl (C=O) groups excluding carboxylic acids is 2. The average molecular weight is 263 g/mol. The number of aromatic nitrogens is 1. The van der Waals surface area contributed by atoms with Gasteiger partial charge in [-0.3, -0.25) is 14.4 Å². The fourth-order valence-corrected chi connectivity index (χ4v) is 2.42. The number of fused-ring (bicyclic) bond motifs is 1. The van der Waals surface area contributed by atoms with Gasteiger partial charge in [-0.05, 0) is 37.3 Å². The van der Waals surface area contributed by atoms with E-state index < -0.39 is 11.9 Å². The average Bonchev–Trinajstić information content (AvgIpc) is 2.38. The third-order valence-electron chi connectivity index (χ3n) is 3.45. The Morgan fingerprint density at radius 1 is 1.47 bits per heavy atom. The minimum absolute atomic E-state index is 0.122. The number of aromatic amines is 1. The van der Waals surface area contributed by atoms with Crippen LogP contribution < -0.4 is 16.6 Å². The molecule has 0 aliphatic heterocycles. The first-order valence-electron chi connectivity index (χ1n) is 6.34. The highest BCUT2D eigenvalue weighted by Gasteiger charge is 2.19. The summed E-state index contributed by atoms with van der Waals surface area (Å²) in [5.41, 5.74) is 7.57. The van der Waals surface area contributed by atoms with Gasteiger partial charge in [-0.2, -0.15) is 0 Å². The van der Waals surface area contributed by atoms with Gasteiger partial charge in [0.05, 0.1) is 0 Å². The van der Waals surface area contributed by atoms with Crippen LogP contribution in [-0.4, -0.2) is 23.3 Å². The van der Waals surface area contributed by atoms with Crippen LogP contribution in [0.4, 0.5) is 0 Å². The molecule has 19 heavy (non-hydrogen) atoms. The van der Waals surface area contributed by atoms with Gasteiger partial charge in [-0.15, -0.1) is 0 Å². The lowest BCUT2D eigenvalue weighted by atomic mass is 9.93. The first-order valence-corrected chi connectivity index (χ1v) is 6.34. The van der Waals surface area contributed by atoms with Gasteiger partial charge in [0.2, 0.25) is 12.3 Å². The molecule has 0 aromatic carbocycles. The Kier molecular flexibility index (Phi) is 3.99. The predicted molar refractivity (Wildman–Crippen MR) is 69.6 cm³/mol. The van der Waals surface area contributed by atoms with E-state index in [0.29, 0.717) is 12.0 Å². The molecule has 0 spiro atoms. The number of nitrogens with two attached hydrogens (primary N) is 1.